The third-order valence-electron chi connectivity index (χ3n) is 2.95. The van der Waals surface area contributed by atoms with Crippen molar-refractivity contribution in [1.29, 1.82) is 0 Å². The van der Waals surface area contributed by atoms with E-state index in [2.05, 4.69) is 4.99 Å². The lowest BCUT2D eigenvalue weighted by molar-refractivity contribution is 0.0520. The molecule has 7 heteroatoms. The Balaban J connectivity index is 2.18. The van der Waals surface area contributed by atoms with Gasteiger partial charge in [-0.15, -0.1) is 0 Å². The van der Waals surface area contributed by atoms with Crippen molar-refractivity contribution in [3.63, 3.8) is 0 Å². The first-order valence-electron chi connectivity index (χ1n) is 7.19. The molecule has 0 amide bonds. The molecule has 0 unspecified atom stereocenters. The highest BCUT2D eigenvalue weighted by molar-refractivity contribution is 5.96. The van der Waals surface area contributed by atoms with Crippen LogP contribution in [-0.4, -0.2) is 24.5 Å². The molecule has 0 aliphatic heterocycles. The maximum absolute atomic E-state index is 12.2. The zero-order chi connectivity index (χ0) is 17.5. The van der Waals surface area contributed by atoms with Crippen LogP contribution in [0.25, 0.3) is 0 Å². The normalized spacial score (nSPS) is 9.88. The molecule has 0 aromatic heterocycles. The minimum atomic E-state index is -0.608. The second kappa shape index (κ2) is 7.77. The van der Waals surface area contributed by atoms with E-state index in [1.54, 1.807) is 31.2 Å². The van der Waals surface area contributed by atoms with Gasteiger partial charge in [0.25, 0.3) is 0 Å². The summed E-state index contributed by atoms with van der Waals surface area (Å²) in [4.78, 5) is 28.0. The Kier molecular flexibility index (Phi) is 5.51. The zero-order valence-electron chi connectivity index (χ0n) is 13.1. The lowest BCUT2D eigenvalue weighted by atomic mass is 10.2. The monoisotopic (exact) mass is 327 g/mol. The molecular formula is C17H17N3O4. The van der Waals surface area contributed by atoms with E-state index >= 15 is 0 Å². The number of carbonyl (C=O) groups excluding carboxylic acids is 2. The molecule has 0 saturated carbocycles. The fourth-order valence-corrected chi connectivity index (χ4v) is 1.91. The number of ether oxygens (including phenoxy) is 2. The third-order valence-corrected chi connectivity index (χ3v) is 2.95. The summed E-state index contributed by atoms with van der Waals surface area (Å²) in [7, 11) is 0. The molecule has 0 aliphatic carbocycles. The number of hydrogen-bond donors (Lipinski definition) is 2. The van der Waals surface area contributed by atoms with Crippen molar-refractivity contribution < 1.29 is 19.1 Å². The summed E-state index contributed by atoms with van der Waals surface area (Å²) in [5.41, 5.74) is 11.6. The SMILES string of the molecule is CCOC(=O)c1ccccc1OC(=O)c1ccc(N=C(N)N)cc1. The highest BCUT2D eigenvalue weighted by atomic mass is 16.5. The smallest absolute Gasteiger partial charge is 0.343 e. The third kappa shape index (κ3) is 4.33. The zero-order valence-corrected chi connectivity index (χ0v) is 13.1. The van der Waals surface area contributed by atoms with E-state index in [4.69, 9.17) is 20.9 Å². The number of esters is 2. The van der Waals surface area contributed by atoms with Crippen LogP contribution >= 0.6 is 0 Å². The van der Waals surface area contributed by atoms with Crippen LogP contribution in [0.4, 0.5) is 5.69 Å². The molecular weight excluding hydrogens is 310 g/mol. The standard InChI is InChI=1S/C17H17N3O4/c1-2-23-16(22)13-5-3-4-6-14(13)24-15(21)11-7-9-12(10-8-11)20-17(18)19/h3-10H,2H2,1H3,(H4,18,19,20). The molecule has 7 nitrogen and oxygen atoms in total. The quantitative estimate of drug-likeness (QED) is 0.375. The maximum Gasteiger partial charge on any atom is 0.343 e. The van der Waals surface area contributed by atoms with Gasteiger partial charge in [-0.1, -0.05) is 12.1 Å². The molecule has 0 atom stereocenters. The van der Waals surface area contributed by atoms with Crippen LogP contribution < -0.4 is 16.2 Å². The number of carbonyl (C=O) groups is 2. The summed E-state index contributed by atoms with van der Waals surface area (Å²) >= 11 is 0. The summed E-state index contributed by atoms with van der Waals surface area (Å²) in [6.45, 7) is 1.93. The lowest BCUT2D eigenvalue weighted by Gasteiger charge is -2.09. The number of nitrogens with two attached hydrogens (primary N) is 2. The molecule has 124 valence electrons. The Morgan fingerprint density at radius 3 is 2.29 bits per heavy atom. The number of aliphatic imine (C=N–C) groups is 1. The molecule has 0 bridgehead atoms. The summed E-state index contributed by atoms with van der Waals surface area (Å²) in [6, 6.07) is 12.6. The van der Waals surface area contributed by atoms with Gasteiger partial charge >= 0.3 is 11.9 Å². The molecule has 0 fully saturated rings. The molecule has 0 radical (unpaired) electrons. The molecule has 0 heterocycles. The van der Waals surface area contributed by atoms with Crippen LogP contribution in [-0.2, 0) is 4.74 Å². The number of hydrogen-bond acceptors (Lipinski definition) is 5. The Hall–Kier alpha value is -3.35. The summed E-state index contributed by atoms with van der Waals surface area (Å²) in [5.74, 6) is -1.10. The molecule has 0 saturated heterocycles. The topological polar surface area (TPSA) is 117 Å². The number of para-hydroxylation sites is 1. The van der Waals surface area contributed by atoms with Crippen molar-refractivity contribution in [3.8, 4) is 5.75 Å². The van der Waals surface area contributed by atoms with Gasteiger partial charge in [-0.05, 0) is 43.3 Å². The van der Waals surface area contributed by atoms with Crippen LogP contribution in [0, 0.1) is 0 Å². The van der Waals surface area contributed by atoms with Gasteiger partial charge in [-0.2, -0.15) is 0 Å². The van der Waals surface area contributed by atoms with E-state index in [0.717, 1.165) is 0 Å². The molecule has 2 rings (SSSR count). The van der Waals surface area contributed by atoms with Gasteiger partial charge in [0, 0.05) is 0 Å². The Bertz CT molecular complexity index is 766. The van der Waals surface area contributed by atoms with Crippen molar-refractivity contribution in [3.05, 3.63) is 59.7 Å². The van der Waals surface area contributed by atoms with Crippen molar-refractivity contribution in [2.75, 3.05) is 6.61 Å². The second-order valence-electron chi connectivity index (χ2n) is 4.69. The van der Waals surface area contributed by atoms with Gasteiger partial charge in [0.1, 0.15) is 11.3 Å². The first-order valence-corrected chi connectivity index (χ1v) is 7.19. The van der Waals surface area contributed by atoms with Crippen molar-refractivity contribution in [2.24, 2.45) is 16.5 Å². The van der Waals surface area contributed by atoms with Crippen LogP contribution in [0.1, 0.15) is 27.6 Å². The van der Waals surface area contributed by atoms with Gasteiger partial charge in [-0.3, -0.25) is 0 Å². The highest BCUT2D eigenvalue weighted by Gasteiger charge is 2.16. The van der Waals surface area contributed by atoms with Crippen molar-refractivity contribution >= 4 is 23.6 Å². The van der Waals surface area contributed by atoms with Crippen molar-refractivity contribution in [2.45, 2.75) is 6.92 Å². The minimum absolute atomic E-state index is 0.0753. The largest absolute Gasteiger partial charge is 0.462 e. The molecule has 0 aliphatic rings. The van der Waals surface area contributed by atoms with Crippen LogP contribution in [0.5, 0.6) is 5.75 Å². The number of guanidine groups is 1. The molecule has 24 heavy (non-hydrogen) atoms. The Labute approximate surface area is 138 Å². The average Bonchev–Trinajstić information content (AvgIpc) is 2.55. The minimum Gasteiger partial charge on any atom is -0.462 e. The predicted molar refractivity (Wildman–Crippen MR) is 89.3 cm³/mol. The first-order chi connectivity index (χ1) is 11.5. The average molecular weight is 327 g/mol. The highest BCUT2D eigenvalue weighted by Crippen LogP contribution is 2.21. The summed E-state index contributed by atoms with van der Waals surface area (Å²) in [5, 5.41) is 0. The Morgan fingerprint density at radius 1 is 1.00 bits per heavy atom. The Morgan fingerprint density at radius 2 is 1.67 bits per heavy atom. The second-order valence-corrected chi connectivity index (χ2v) is 4.69. The number of benzene rings is 2. The van der Waals surface area contributed by atoms with E-state index < -0.39 is 11.9 Å². The van der Waals surface area contributed by atoms with Gasteiger partial charge in [-0.25, -0.2) is 14.6 Å². The lowest BCUT2D eigenvalue weighted by Crippen LogP contribution is -2.21. The van der Waals surface area contributed by atoms with Gasteiger partial charge < -0.3 is 20.9 Å². The fourth-order valence-electron chi connectivity index (χ4n) is 1.91. The van der Waals surface area contributed by atoms with E-state index in [1.165, 1.54) is 24.3 Å². The maximum atomic E-state index is 12.2. The van der Waals surface area contributed by atoms with E-state index in [0.29, 0.717) is 11.3 Å². The number of rotatable bonds is 5. The molecule has 2 aromatic carbocycles. The number of nitrogens with zero attached hydrogens (tertiary/aromatic N) is 1. The molecule has 4 N–H and O–H groups in total. The predicted octanol–water partition coefficient (Wildman–Crippen LogP) is 1.99. The molecule has 0 spiro atoms. The van der Waals surface area contributed by atoms with Gasteiger partial charge in [0.15, 0.2) is 5.96 Å². The van der Waals surface area contributed by atoms with E-state index in [1.807, 2.05) is 0 Å². The summed E-state index contributed by atoms with van der Waals surface area (Å²) in [6.07, 6.45) is 0. The van der Waals surface area contributed by atoms with Crippen molar-refractivity contribution in [1.82, 2.24) is 0 Å². The molecule has 2 aromatic rings. The van der Waals surface area contributed by atoms with E-state index in [9.17, 15) is 9.59 Å². The van der Waals surface area contributed by atoms with E-state index in [-0.39, 0.29) is 23.9 Å². The van der Waals surface area contributed by atoms with Crippen LogP contribution in [0.2, 0.25) is 0 Å². The summed E-state index contributed by atoms with van der Waals surface area (Å²) < 4.78 is 10.2. The van der Waals surface area contributed by atoms with Crippen LogP contribution in [0.15, 0.2) is 53.5 Å². The fraction of sp³-hybridized carbons (Fsp3) is 0.118. The van der Waals surface area contributed by atoms with Gasteiger partial charge in [0.05, 0.1) is 17.9 Å². The first kappa shape index (κ1) is 17.0. The van der Waals surface area contributed by atoms with Gasteiger partial charge in [0.2, 0.25) is 0 Å². The van der Waals surface area contributed by atoms with Crippen LogP contribution in [0.3, 0.4) is 0 Å².